The third kappa shape index (κ3) is 6.31. The Kier molecular flexibility index (Phi) is 8.29. The van der Waals surface area contributed by atoms with Gasteiger partial charge in [0, 0.05) is 24.0 Å². The lowest BCUT2D eigenvalue weighted by Gasteiger charge is -2.31. The fourth-order valence-electron chi connectivity index (χ4n) is 3.70. The second-order valence-electron chi connectivity index (χ2n) is 7.82. The highest BCUT2D eigenvalue weighted by molar-refractivity contribution is 6.30. The smallest absolute Gasteiger partial charge is 0.253 e. The first-order valence-electron chi connectivity index (χ1n) is 10.7. The predicted octanol–water partition coefficient (Wildman–Crippen LogP) is 4.72. The number of carbonyl (C=O) groups is 2. The van der Waals surface area contributed by atoms with Crippen molar-refractivity contribution in [2.24, 2.45) is 5.92 Å². The van der Waals surface area contributed by atoms with E-state index in [-0.39, 0.29) is 17.7 Å². The van der Waals surface area contributed by atoms with Crippen LogP contribution in [0.2, 0.25) is 5.02 Å². The molecule has 0 atom stereocenters. The number of likely N-dealkylation sites (tertiary alicyclic amines) is 1. The molecular formula is C24H30ClN3O2. The van der Waals surface area contributed by atoms with E-state index < -0.39 is 0 Å². The molecule has 2 amide bonds. The highest BCUT2D eigenvalue weighted by Crippen LogP contribution is 2.23. The lowest BCUT2D eigenvalue weighted by atomic mass is 9.95. The van der Waals surface area contributed by atoms with Gasteiger partial charge in [0.25, 0.3) is 5.91 Å². The maximum absolute atomic E-state index is 12.8. The first-order chi connectivity index (χ1) is 14.6. The molecule has 1 aliphatic rings. The van der Waals surface area contributed by atoms with Crippen LogP contribution >= 0.6 is 11.6 Å². The third-order valence-electron chi connectivity index (χ3n) is 5.52. The molecule has 0 spiro atoms. The van der Waals surface area contributed by atoms with Gasteiger partial charge in [0.05, 0.1) is 11.3 Å². The number of carbonyl (C=O) groups excluding carboxylic acids is 2. The molecule has 160 valence electrons. The molecule has 1 saturated heterocycles. The summed E-state index contributed by atoms with van der Waals surface area (Å²) >= 11 is 5.95. The number of unbranched alkanes of at least 4 members (excludes halogenated alkanes) is 1. The Hall–Kier alpha value is -2.37. The maximum atomic E-state index is 12.8. The number of nitrogens with zero attached hydrogens (tertiary/aromatic N) is 1. The van der Waals surface area contributed by atoms with E-state index in [0.717, 1.165) is 50.3 Å². The Morgan fingerprint density at radius 1 is 1.07 bits per heavy atom. The van der Waals surface area contributed by atoms with Crippen molar-refractivity contribution in [2.45, 2.75) is 39.2 Å². The number of piperidine rings is 1. The fourth-order valence-corrected chi connectivity index (χ4v) is 3.83. The monoisotopic (exact) mass is 427 g/mol. The van der Waals surface area contributed by atoms with Crippen molar-refractivity contribution in [3.8, 4) is 0 Å². The Bertz CT molecular complexity index is 846. The summed E-state index contributed by atoms with van der Waals surface area (Å²) in [7, 11) is 0. The molecule has 2 aromatic rings. The van der Waals surface area contributed by atoms with Crippen LogP contribution in [0, 0.1) is 5.92 Å². The highest BCUT2D eigenvalue weighted by Gasteiger charge is 2.26. The van der Waals surface area contributed by atoms with E-state index in [9.17, 15) is 9.59 Å². The molecule has 0 aliphatic carbocycles. The number of amides is 2. The minimum atomic E-state index is -0.142. The Morgan fingerprint density at radius 3 is 2.47 bits per heavy atom. The number of anilines is 1. The van der Waals surface area contributed by atoms with Crippen molar-refractivity contribution >= 4 is 29.1 Å². The van der Waals surface area contributed by atoms with E-state index in [1.807, 2.05) is 36.4 Å². The lowest BCUT2D eigenvalue weighted by Crippen LogP contribution is -2.38. The summed E-state index contributed by atoms with van der Waals surface area (Å²) in [4.78, 5) is 27.7. The molecule has 5 nitrogen and oxygen atoms in total. The van der Waals surface area contributed by atoms with Gasteiger partial charge >= 0.3 is 0 Å². The van der Waals surface area contributed by atoms with Gasteiger partial charge in [-0.1, -0.05) is 49.2 Å². The quantitative estimate of drug-likeness (QED) is 0.599. The summed E-state index contributed by atoms with van der Waals surface area (Å²) in [5, 5.41) is 6.65. The van der Waals surface area contributed by atoms with Gasteiger partial charge in [-0.2, -0.15) is 0 Å². The molecule has 2 N–H and O–H groups in total. The molecule has 1 aliphatic heterocycles. The molecule has 3 rings (SSSR count). The summed E-state index contributed by atoms with van der Waals surface area (Å²) in [6.07, 6.45) is 3.58. The van der Waals surface area contributed by atoms with Gasteiger partial charge < -0.3 is 10.6 Å². The number of hydrogen-bond donors (Lipinski definition) is 2. The SMILES string of the molecule is CCCCNC(=O)c1ccccc1NC(=O)C1CCN(Cc2ccc(Cl)cc2)CC1. The van der Waals surface area contributed by atoms with Crippen LogP contribution in [0.5, 0.6) is 0 Å². The molecule has 1 fully saturated rings. The zero-order chi connectivity index (χ0) is 21.3. The molecule has 1 heterocycles. The van der Waals surface area contributed by atoms with E-state index >= 15 is 0 Å². The third-order valence-corrected chi connectivity index (χ3v) is 5.78. The summed E-state index contributed by atoms with van der Waals surface area (Å²) in [6, 6.07) is 15.1. The molecule has 0 saturated carbocycles. The van der Waals surface area contributed by atoms with E-state index in [0.29, 0.717) is 17.8 Å². The number of para-hydroxylation sites is 1. The standard InChI is InChI=1S/C24H30ClN3O2/c1-2-3-14-26-24(30)21-6-4-5-7-22(21)27-23(29)19-12-15-28(16-13-19)17-18-8-10-20(25)11-9-18/h4-11,19H,2-3,12-17H2,1H3,(H,26,30)(H,27,29). The summed E-state index contributed by atoms with van der Waals surface area (Å²) in [6.45, 7) is 5.34. The van der Waals surface area contributed by atoms with Crippen LogP contribution in [-0.2, 0) is 11.3 Å². The van der Waals surface area contributed by atoms with Gasteiger partial charge in [-0.25, -0.2) is 0 Å². The predicted molar refractivity (Wildman–Crippen MR) is 122 cm³/mol. The summed E-state index contributed by atoms with van der Waals surface area (Å²) in [5.41, 5.74) is 2.33. The molecule has 2 aromatic carbocycles. The average Bonchev–Trinajstić information content (AvgIpc) is 2.76. The van der Waals surface area contributed by atoms with E-state index in [4.69, 9.17) is 11.6 Å². The van der Waals surface area contributed by atoms with Crippen LogP contribution in [0.15, 0.2) is 48.5 Å². The summed E-state index contributed by atoms with van der Waals surface area (Å²) in [5.74, 6) is -0.185. The van der Waals surface area contributed by atoms with E-state index in [1.165, 1.54) is 5.56 Å². The second kappa shape index (κ2) is 11.1. The van der Waals surface area contributed by atoms with Crippen molar-refractivity contribution in [2.75, 3.05) is 25.0 Å². The zero-order valence-electron chi connectivity index (χ0n) is 17.5. The fraction of sp³-hybridized carbons (Fsp3) is 0.417. The zero-order valence-corrected chi connectivity index (χ0v) is 18.3. The molecule has 0 unspecified atom stereocenters. The topological polar surface area (TPSA) is 61.4 Å². The number of nitrogens with one attached hydrogen (secondary N) is 2. The van der Waals surface area contributed by atoms with Gasteiger partial charge in [0.2, 0.25) is 5.91 Å². The van der Waals surface area contributed by atoms with Gasteiger partial charge in [0.1, 0.15) is 0 Å². The number of halogens is 1. The minimum Gasteiger partial charge on any atom is -0.352 e. The van der Waals surface area contributed by atoms with Crippen LogP contribution in [0.25, 0.3) is 0 Å². The number of benzene rings is 2. The van der Waals surface area contributed by atoms with Gasteiger partial charge in [-0.15, -0.1) is 0 Å². The molecule has 0 bridgehead atoms. The number of rotatable bonds is 8. The molecule has 30 heavy (non-hydrogen) atoms. The first-order valence-corrected chi connectivity index (χ1v) is 11.1. The maximum Gasteiger partial charge on any atom is 0.253 e. The van der Waals surface area contributed by atoms with E-state index in [2.05, 4.69) is 22.5 Å². The molecule has 0 aromatic heterocycles. The van der Waals surface area contributed by atoms with E-state index in [1.54, 1.807) is 12.1 Å². The average molecular weight is 428 g/mol. The molecule has 6 heteroatoms. The van der Waals surface area contributed by atoms with Gasteiger partial charge in [0.15, 0.2) is 0 Å². The first kappa shape index (κ1) is 22.3. The van der Waals surface area contributed by atoms with Crippen molar-refractivity contribution < 1.29 is 9.59 Å². The largest absolute Gasteiger partial charge is 0.352 e. The van der Waals surface area contributed by atoms with Crippen LogP contribution < -0.4 is 10.6 Å². The second-order valence-corrected chi connectivity index (χ2v) is 8.26. The van der Waals surface area contributed by atoms with Crippen molar-refractivity contribution in [1.82, 2.24) is 10.2 Å². The van der Waals surface area contributed by atoms with Gasteiger partial charge in [-0.3, -0.25) is 14.5 Å². The molecular weight excluding hydrogens is 398 g/mol. The Morgan fingerprint density at radius 2 is 1.77 bits per heavy atom. The lowest BCUT2D eigenvalue weighted by molar-refractivity contribution is -0.121. The van der Waals surface area contributed by atoms with Crippen LogP contribution in [-0.4, -0.2) is 36.3 Å². The van der Waals surface area contributed by atoms with Crippen LogP contribution in [0.4, 0.5) is 5.69 Å². The Balaban J connectivity index is 1.52. The van der Waals surface area contributed by atoms with Crippen molar-refractivity contribution in [1.29, 1.82) is 0 Å². The normalized spacial score (nSPS) is 15.0. The van der Waals surface area contributed by atoms with Crippen LogP contribution in [0.1, 0.15) is 48.5 Å². The highest BCUT2D eigenvalue weighted by atomic mass is 35.5. The van der Waals surface area contributed by atoms with Crippen molar-refractivity contribution in [3.05, 3.63) is 64.7 Å². The van der Waals surface area contributed by atoms with Gasteiger partial charge in [-0.05, 0) is 62.2 Å². The minimum absolute atomic E-state index is 0.00467. The van der Waals surface area contributed by atoms with Crippen LogP contribution in [0.3, 0.4) is 0 Å². The Labute approximate surface area is 183 Å². The summed E-state index contributed by atoms with van der Waals surface area (Å²) < 4.78 is 0. The number of hydrogen-bond acceptors (Lipinski definition) is 3. The molecule has 0 radical (unpaired) electrons. The van der Waals surface area contributed by atoms with Crippen molar-refractivity contribution in [3.63, 3.8) is 0 Å².